The summed E-state index contributed by atoms with van der Waals surface area (Å²) in [5.41, 5.74) is 5.79. The summed E-state index contributed by atoms with van der Waals surface area (Å²) in [5.74, 6) is 1.08. The first-order valence-corrected chi connectivity index (χ1v) is 10.3. The molecule has 2 heterocycles. The van der Waals surface area contributed by atoms with Crippen LogP contribution in [0.5, 0.6) is 5.75 Å². The number of hydrogen-bond donors (Lipinski definition) is 1. The second-order valence-electron chi connectivity index (χ2n) is 7.55. The smallest absolute Gasteiger partial charge is 0.155 e. The normalized spacial score (nSPS) is 11.0. The molecule has 0 amide bonds. The largest absolute Gasteiger partial charge is 0.485 e. The third kappa shape index (κ3) is 4.94. The first kappa shape index (κ1) is 21.5. The monoisotopic (exact) mass is 434 g/mol. The average molecular weight is 434 g/mol. The molecule has 0 aliphatic rings. The number of aryl methyl sites for hydroxylation is 2. The lowest BCUT2D eigenvalue weighted by atomic mass is 10.1. The molecule has 0 unspecified atom stereocenters. The molecule has 0 fully saturated rings. The number of anilines is 2. The highest BCUT2D eigenvalue weighted by Gasteiger charge is 2.12. The molecule has 2 aromatic heterocycles. The Kier molecular flexibility index (Phi) is 6.44. The third-order valence-electron chi connectivity index (χ3n) is 4.91. The molecule has 0 radical (unpaired) electrons. The molecular weight excluding hydrogens is 410 g/mol. The molecule has 4 rings (SSSR count). The van der Waals surface area contributed by atoms with E-state index in [0.29, 0.717) is 11.6 Å². The maximum absolute atomic E-state index is 12.7. The van der Waals surface area contributed by atoms with Crippen LogP contribution in [0.4, 0.5) is 20.3 Å². The first-order valence-electron chi connectivity index (χ1n) is 10.3. The van der Waals surface area contributed by atoms with Crippen LogP contribution >= 0.6 is 0 Å². The van der Waals surface area contributed by atoms with Crippen molar-refractivity contribution < 1.29 is 13.5 Å². The quantitative estimate of drug-likeness (QED) is 0.371. The van der Waals surface area contributed by atoms with E-state index in [9.17, 15) is 8.78 Å². The van der Waals surface area contributed by atoms with Gasteiger partial charge in [0.15, 0.2) is 6.10 Å². The number of benzene rings is 2. The van der Waals surface area contributed by atoms with Gasteiger partial charge >= 0.3 is 0 Å². The zero-order valence-electron chi connectivity index (χ0n) is 17.9. The highest BCUT2D eigenvalue weighted by atomic mass is 19.1. The summed E-state index contributed by atoms with van der Waals surface area (Å²) in [6.07, 6.45) is 0.666. The van der Waals surface area contributed by atoms with Gasteiger partial charge < -0.3 is 10.1 Å². The molecular formula is C25H24F2N4O. The van der Waals surface area contributed by atoms with Crippen LogP contribution in [0.25, 0.3) is 16.9 Å². The Bertz CT molecular complexity index is 1190. The van der Waals surface area contributed by atoms with Crippen LogP contribution in [-0.4, -0.2) is 34.2 Å². The lowest BCUT2D eigenvalue weighted by Gasteiger charge is -2.13. The van der Waals surface area contributed by atoms with Gasteiger partial charge in [-0.15, -0.1) is 0 Å². The minimum atomic E-state index is -1.08. The molecule has 5 nitrogen and oxygen atoms in total. The molecule has 0 atom stereocenters. The number of ether oxygens (including phenoxy) is 1. The molecule has 0 aliphatic heterocycles. The number of alkyl halides is 2. The van der Waals surface area contributed by atoms with Crippen LogP contribution in [0, 0.1) is 13.8 Å². The second-order valence-corrected chi connectivity index (χ2v) is 7.55. The maximum atomic E-state index is 12.7. The van der Waals surface area contributed by atoms with E-state index in [1.54, 1.807) is 30.5 Å². The van der Waals surface area contributed by atoms with Gasteiger partial charge in [-0.05, 0) is 74.0 Å². The van der Waals surface area contributed by atoms with Gasteiger partial charge in [0, 0.05) is 17.4 Å². The fourth-order valence-corrected chi connectivity index (χ4v) is 3.38. The van der Waals surface area contributed by atoms with Gasteiger partial charge in [-0.3, -0.25) is 0 Å². The molecule has 0 saturated carbocycles. The van der Waals surface area contributed by atoms with E-state index in [4.69, 9.17) is 4.74 Å². The fourth-order valence-electron chi connectivity index (χ4n) is 3.38. The number of nitrogens with one attached hydrogen (secondary N) is 1. The molecule has 0 spiro atoms. The average Bonchev–Trinajstić information content (AvgIpc) is 3.20. The van der Waals surface area contributed by atoms with E-state index >= 15 is 0 Å². The Labute approximate surface area is 185 Å². The van der Waals surface area contributed by atoms with Crippen molar-refractivity contribution in [3.8, 4) is 22.7 Å². The highest BCUT2D eigenvalue weighted by molar-refractivity contribution is 5.68. The summed E-state index contributed by atoms with van der Waals surface area (Å²) >= 11 is 0. The van der Waals surface area contributed by atoms with E-state index in [0.717, 1.165) is 33.9 Å². The van der Waals surface area contributed by atoms with Gasteiger partial charge in [0.05, 0.1) is 17.1 Å². The van der Waals surface area contributed by atoms with Crippen LogP contribution in [0.15, 0.2) is 72.9 Å². The molecule has 7 heteroatoms. The molecule has 164 valence electrons. The van der Waals surface area contributed by atoms with E-state index < -0.39 is 19.5 Å². The van der Waals surface area contributed by atoms with Crippen LogP contribution in [0.3, 0.4) is 0 Å². The van der Waals surface area contributed by atoms with Crippen molar-refractivity contribution in [2.45, 2.75) is 20.0 Å². The van der Waals surface area contributed by atoms with Crippen molar-refractivity contribution in [1.82, 2.24) is 14.8 Å². The minimum Gasteiger partial charge on any atom is -0.485 e. The molecule has 0 saturated heterocycles. The number of nitrogens with zero attached hydrogens (tertiary/aromatic N) is 3. The molecule has 1 N–H and O–H groups in total. The summed E-state index contributed by atoms with van der Waals surface area (Å²) in [4.78, 5) is 4.41. The number of halogens is 2. The lowest BCUT2D eigenvalue weighted by Crippen LogP contribution is -2.20. The molecule has 0 bridgehead atoms. The first-order chi connectivity index (χ1) is 15.6. The van der Waals surface area contributed by atoms with Gasteiger partial charge in [0.25, 0.3) is 0 Å². The summed E-state index contributed by atoms with van der Waals surface area (Å²) in [5, 5.41) is 7.92. The molecule has 4 aromatic rings. The van der Waals surface area contributed by atoms with Gasteiger partial charge in [-0.2, -0.15) is 5.10 Å². The molecule has 2 aromatic carbocycles. The standard InChI is InChI=1S/C25H24F2N4O/c1-17-4-3-5-21(12-17)31-24(13-18(2)30-31)19-10-11-28-25(14-19)29-20-6-8-22(9-7-20)32-23(15-26)16-27/h3-14,23H,15-16H2,1-2H3,(H,28,29). The number of hydrogen-bond acceptors (Lipinski definition) is 4. The Morgan fingerprint density at radius 3 is 2.47 bits per heavy atom. The predicted octanol–water partition coefficient (Wildman–Crippen LogP) is 5.98. The van der Waals surface area contributed by atoms with E-state index in [1.165, 1.54) is 0 Å². The Morgan fingerprint density at radius 2 is 1.75 bits per heavy atom. The Hall–Kier alpha value is -3.74. The van der Waals surface area contributed by atoms with E-state index in [-0.39, 0.29) is 0 Å². The van der Waals surface area contributed by atoms with Crippen molar-refractivity contribution in [3.05, 3.63) is 84.2 Å². The van der Waals surface area contributed by atoms with Gasteiger partial charge in [0.1, 0.15) is 24.9 Å². The van der Waals surface area contributed by atoms with Crippen LogP contribution in [0.2, 0.25) is 0 Å². The zero-order chi connectivity index (χ0) is 22.5. The lowest BCUT2D eigenvalue weighted by molar-refractivity contribution is 0.133. The number of aromatic nitrogens is 3. The van der Waals surface area contributed by atoms with Crippen molar-refractivity contribution >= 4 is 11.5 Å². The van der Waals surface area contributed by atoms with Crippen LogP contribution in [-0.2, 0) is 0 Å². The number of pyridine rings is 1. The van der Waals surface area contributed by atoms with Crippen molar-refractivity contribution in [1.29, 1.82) is 0 Å². The predicted molar refractivity (Wildman–Crippen MR) is 122 cm³/mol. The van der Waals surface area contributed by atoms with Crippen molar-refractivity contribution in [2.24, 2.45) is 0 Å². The van der Waals surface area contributed by atoms with Crippen LogP contribution < -0.4 is 10.1 Å². The van der Waals surface area contributed by atoms with Gasteiger partial charge in [-0.25, -0.2) is 18.4 Å². The minimum absolute atomic E-state index is 0.412. The summed E-state index contributed by atoms with van der Waals surface area (Å²) < 4.78 is 32.5. The number of rotatable bonds is 8. The summed E-state index contributed by atoms with van der Waals surface area (Å²) in [6.45, 7) is 2.29. The van der Waals surface area contributed by atoms with Crippen LogP contribution in [0.1, 0.15) is 11.3 Å². The Morgan fingerprint density at radius 1 is 0.969 bits per heavy atom. The summed E-state index contributed by atoms with van der Waals surface area (Å²) in [6, 6.07) is 21.0. The van der Waals surface area contributed by atoms with Crippen molar-refractivity contribution in [3.63, 3.8) is 0 Å². The van der Waals surface area contributed by atoms with E-state index in [2.05, 4.69) is 34.5 Å². The van der Waals surface area contributed by atoms with Gasteiger partial charge in [0.2, 0.25) is 0 Å². The molecule has 0 aliphatic carbocycles. The highest BCUT2D eigenvalue weighted by Crippen LogP contribution is 2.27. The zero-order valence-corrected chi connectivity index (χ0v) is 17.9. The SMILES string of the molecule is Cc1cccc(-n2nc(C)cc2-c2ccnc(Nc3ccc(OC(CF)CF)cc3)c2)c1. The van der Waals surface area contributed by atoms with E-state index in [1.807, 2.05) is 41.9 Å². The topological polar surface area (TPSA) is 52.0 Å². The van der Waals surface area contributed by atoms with Gasteiger partial charge in [-0.1, -0.05) is 12.1 Å². The molecule has 32 heavy (non-hydrogen) atoms. The second kappa shape index (κ2) is 9.60. The summed E-state index contributed by atoms with van der Waals surface area (Å²) in [7, 11) is 0. The third-order valence-corrected chi connectivity index (χ3v) is 4.91. The maximum Gasteiger partial charge on any atom is 0.155 e. The van der Waals surface area contributed by atoms with Crippen molar-refractivity contribution in [2.75, 3.05) is 18.7 Å². The Balaban J connectivity index is 1.56. The fraction of sp³-hybridized carbons (Fsp3) is 0.200.